The number of amides is 1. The normalized spacial score (nSPS) is 12.5. The zero-order valence-electron chi connectivity index (χ0n) is 14.5. The van der Waals surface area contributed by atoms with Gasteiger partial charge in [0.15, 0.2) is 9.84 Å². The van der Waals surface area contributed by atoms with Crippen molar-refractivity contribution in [3.05, 3.63) is 83.9 Å². The standard InChI is InChI=1S/C19H19N3O3S/c1-22-12-11-20-18(22)17(14-7-4-3-5-8-14)21-19(23)15-9-6-10-16(13-15)26(2,24)25/h3-13,17H,1-2H3,(H,21,23)/t17-/m0/s1. The minimum Gasteiger partial charge on any atom is -0.338 e. The zero-order valence-corrected chi connectivity index (χ0v) is 15.3. The van der Waals surface area contributed by atoms with E-state index >= 15 is 0 Å². The Morgan fingerprint density at radius 1 is 1.12 bits per heavy atom. The van der Waals surface area contributed by atoms with Crippen LogP contribution in [0.3, 0.4) is 0 Å². The van der Waals surface area contributed by atoms with E-state index in [0.717, 1.165) is 11.8 Å². The number of nitrogens with zero attached hydrogens (tertiary/aromatic N) is 2. The van der Waals surface area contributed by atoms with Crippen molar-refractivity contribution in [2.45, 2.75) is 10.9 Å². The number of hydrogen-bond acceptors (Lipinski definition) is 4. The first-order chi connectivity index (χ1) is 12.4. The molecule has 26 heavy (non-hydrogen) atoms. The van der Waals surface area contributed by atoms with Gasteiger partial charge in [-0.1, -0.05) is 36.4 Å². The maximum atomic E-state index is 12.8. The predicted molar refractivity (Wildman–Crippen MR) is 98.5 cm³/mol. The second-order valence-corrected chi connectivity index (χ2v) is 8.03. The lowest BCUT2D eigenvalue weighted by Gasteiger charge is -2.19. The first-order valence-electron chi connectivity index (χ1n) is 7.99. The summed E-state index contributed by atoms with van der Waals surface area (Å²) in [6.45, 7) is 0. The van der Waals surface area contributed by atoms with Crippen LogP contribution in [0.25, 0.3) is 0 Å². The topological polar surface area (TPSA) is 81.1 Å². The molecule has 134 valence electrons. The summed E-state index contributed by atoms with van der Waals surface area (Å²) in [5.41, 5.74) is 1.16. The van der Waals surface area contributed by atoms with Crippen molar-refractivity contribution in [2.24, 2.45) is 7.05 Å². The molecule has 0 unspecified atom stereocenters. The van der Waals surface area contributed by atoms with Crippen molar-refractivity contribution in [1.82, 2.24) is 14.9 Å². The summed E-state index contributed by atoms with van der Waals surface area (Å²) in [5.74, 6) is 0.316. The maximum Gasteiger partial charge on any atom is 0.252 e. The number of carbonyl (C=O) groups excluding carboxylic acids is 1. The lowest BCUT2D eigenvalue weighted by Crippen LogP contribution is -2.31. The molecule has 0 saturated carbocycles. The molecule has 1 amide bonds. The minimum atomic E-state index is -3.39. The van der Waals surface area contributed by atoms with E-state index < -0.39 is 15.9 Å². The van der Waals surface area contributed by atoms with Crippen LogP contribution in [0.2, 0.25) is 0 Å². The number of aryl methyl sites for hydroxylation is 1. The number of aromatic nitrogens is 2. The van der Waals surface area contributed by atoms with Crippen LogP contribution in [0.15, 0.2) is 71.9 Å². The van der Waals surface area contributed by atoms with Gasteiger partial charge in [-0.2, -0.15) is 0 Å². The zero-order chi connectivity index (χ0) is 18.7. The molecular formula is C19H19N3O3S. The van der Waals surface area contributed by atoms with Gasteiger partial charge in [-0.05, 0) is 23.8 Å². The molecule has 1 atom stereocenters. The Bertz CT molecular complexity index is 1030. The van der Waals surface area contributed by atoms with E-state index in [1.54, 1.807) is 18.3 Å². The highest BCUT2D eigenvalue weighted by molar-refractivity contribution is 7.90. The summed E-state index contributed by atoms with van der Waals surface area (Å²) in [5, 5.41) is 2.95. The maximum absolute atomic E-state index is 12.8. The highest BCUT2D eigenvalue weighted by Gasteiger charge is 2.21. The van der Waals surface area contributed by atoms with Gasteiger partial charge in [0.1, 0.15) is 11.9 Å². The summed E-state index contributed by atoms with van der Waals surface area (Å²) in [4.78, 5) is 17.2. The first kappa shape index (κ1) is 17.9. The third-order valence-electron chi connectivity index (χ3n) is 4.05. The summed E-state index contributed by atoms with van der Waals surface area (Å²) in [7, 11) is -1.53. The van der Waals surface area contributed by atoms with Crippen LogP contribution < -0.4 is 5.32 Å². The van der Waals surface area contributed by atoms with Crippen LogP contribution in [0.4, 0.5) is 0 Å². The largest absolute Gasteiger partial charge is 0.338 e. The number of nitrogens with one attached hydrogen (secondary N) is 1. The molecule has 3 aromatic rings. The Morgan fingerprint density at radius 2 is 1.85 bits per heavy atom. The first-order valence-corrected chi connectivity index (χ1v) is 9.88. The second-order valence-electron chi connectivity index (χ2n) is 6.01. The van der Waals surface area contributed by atoms with Crippen molar-refractivity contribution in [2.75, 3.05) is 6.26 Å². The molecule has 0 aliphatic heterocycles. The fourth-order valence-electron chi connectivity index (χ4n) is 2.68. The summed E-state index contributed by atoms with van der Waals surface area (Å²) >= 11 is 0. The van der Waals surface area contributed by atoms with Gasteiger partial charge >= 0.3 is 0 Å². The molecule has 0 radical (unpaired) electrons. The average molecular weight is 369 g/mol. The van der Waals surface area contributed by atoms with Gasteiger partial charge < -0.3 is 9.88 Å². The average Bonchev–Trinajstić information content (AvgIpc) is 3.05. The molecule has 0 spiro atoms. The molecule has 0 aliphatic rings. The van der Waals surface area contributed by atoms with Crippen molar-refractivity contribution in [3.63, 3.8) is 0 Å². The monoisotopic (exact) mass is 369 g/mol. The van der Waals surface area contributed by atoms with E-state index in [4.69, 9.17) is 0 Å². The van der Waals surface area contributed by atoms with E-state index in [1.807, 2.05) is 48.1 Å². The Kier molecular flexibility index (Phi) is 4.90. The predicted octanol–water partition coefficient (Wildman–Crippen LogP) is 2.34. The minimum absolute atomic E-state index is 0.110. The molecular weight excluding hydrogens is 350 g/mol. The van der Waals surface area contributed by atoms with Gasteiger partial charge in [-0.25, -0.2) is 13.4 Å². The molecule has 6 nitrogen and oxygen atoms in total. The van der Waals surface area contributed by atoms with Crippen molar-refractivity contribution in [1.29, 1.82) is 0 Å². The Hall–Kier alpha value is -2.93. The molecule has 0 saturated heterocycles. The number of rotatable bonds is 5. The van der Waals surface area contributed by atoms with Gasteiger partial charge in [0, 0.05) is 31.3 Å². The molecule has 0 aliphatic carbocycles. The Morgan fingerprint density at radius 3 is 2.46 bits per heavy atom. The van der Waals surface area contributed by atoms with Gasteiger partial charge in [-0.3, -0.25) is 4.79 Å². The van der Waals surface area contributed by atoms with Crippen molar-refractivity contribution in [3.8, 4) is 0 Å². The molecule has 1 N–H and O–H groups in total. The summed E-state index contributed by atoms with van der Waals surface area (Å²) < 4.78 is 25.3. The molecule has 0 bridgehead atoms. The van der Waals surface area contributed by atoms with Crippen LogP contribution in [-0.2, 0) is 16.9 Å². The SMILES string of the molecule is Cn1ccnc1[C@@H](NC(=O)c1cccc(S(C)(=O)=O)c1)c1ccccc1. The number of carbonyl (C=O) groups is 1. The second kappa shape index (κ2) is 7.13. The van der Waals surface area contributed by atoms with Crippen LogP contribution in [0.5, 0.6) is 0 Å². The van der Waals surface area contributed by atoms with E-state index in [2.05, 4.69) is 10.3 Å². The van der Waals surface area contributed by atoms with Crippen LogP contribution in [0.1, 0.15) is 27.8 Å². The highest BCUT2D eigenvalue weighted by Crippen LogP contribution is 2.21. The Balaban J connectivity index is 1.95. The van der Waals surface area contributed by atoms with E-state index in [1.165, 1.54) is 12.1 Å². The highest BCUT2D eigenvalue weighted by atomic mass is 32.2. The number of benzene rings is 2. The molecule has 1 heterocycles. The lowest BCUT2D eigenvalue weighted by molar-refractivity contribution is 0.0941. The molecule has 1 aromatic heterocycles. The van der Waals surface area contributed by atoms with Crippen molar-refractivity contribution < 1.29 is 13.2 Å². The fourth-order valence-corrected chi connectivity index (χ4v) is 3.35. The molecule has 0 fully saturated rings. The van der Waals surface area contributed by atoms with Gasteiger partial charge in [0.25, 0.3) is 5.91 Å². The number of hydrogen-bond donors (Lipinski definition) is 1. The van der Waals surface area contributed by atoms with Crippen LogP contribution in [-0.4, -0.2) is 30.1 Å². The third kappa shape index (κ3) is 3.83. The van der Waals surface area contributed by atoms with E-state index in [0.29, 0.717) is 5.82 Å². The van der Waals surface area contributed by atoms with E-state index in [-0.39, 0.29) is 16.4 Å². The molecule has 2 aromatic carbocycles. The summed E-state index contributed by atoms with van der Waals surface area (Å²) in [6.07, 6.45) is 4.59. The molecule has 7 heteroatoms. The van der Waals surface area contributed by atoms with E-state index in [9.17, 15) is 13.2 Å². The van der Waals surface area contributed by atoms with Crippen LogP contribution >= 0.6 is 0 Å². The van der Waals surface area contributed by atoms with Gasteiger partial charge in [0.2, 0.25) is 0 Å². The molecule has 3 rings (SSSR count). The van der Waals surface area contributed by atoms with Gasteiger partial charge in [0.05, 0.1) is 4.90 Å². The van der Waals surface area contributed by atoms with Crippen molar-refractivity contribution >= 4 is 15.7 Å². The fraction of sp³-hybridized carbons (Fsp3) is 0.158. The van der Waals surface area contributed by atoms with Gasteiger partial charge in [-0.15, -0.1) is 0 Å². The number of imidazole rings is 1. The smallest absolute Gasteiger partial charge is 0.252 e. The number of sulfone groups is 1. The quantitative estimate of drug-likeness (QED) is 0.748. The van der Waals surface area contributed by atoms with Crippen LogP contribution in [0, 0.1) is 0 Å². The third-order valence-corrected chi connectivity index (χ3v) is 5.16. The lowest BCUT2D eigenvalue weighted by atomic mass is 10.1. The summed E-state index contributed by atoms with van der Waals surface area (Å²) in [6, 6.07) is 15.0. The Labute approximate surface area is 152 Å².